The molecule has 1 heterocycles. The second kappa shape index (κ2) is 6.42. The van der Waals surface area contributed by atoms with Gasteiger partial charge in [0.15, 0.2) is 0 Å². The van der Waals surface area contributed by atoms with Gasteiger partial charge in [-0.25, -0.2) is 0 Å². The molecule has 0 bridgehead atoms. The lowest BCUT2D eigenvalue weighted by Gasteiger charge is -2.15. The summed E-state index contributed by atoms with van der Waals surface area (Å²) < 4.78 is 5.35. The van der Waals surface area contributed by atoms with Gasteiger partial charge in [-0.3, -0.25) is 0 Å². The number of halogens is 1. The van der Waals surface area contributed by atoms with E-state index < -0.39 is 0 Å². The van der Waals surface area contributed by atoms with Crippen molar-refractivity contribution in [2.45, 2.75) is 26.4 Å². The summed E-state index contributed by atoms with van der Waals surface area (Å²) in [4.78, 5) is 2.67. The molecule has 0 saturated heterocycles. The van der Waals surface area contributed by atoms with Gasteiger partial charge in [0, 0.05) is 32.9 Å². The van der Waals surface area contributed by atoms with Crippen LogP contribution in [-0.4, -0.2) is 7.11 Å². The molecule has 1 unspecified atom stereocenters. The van der Waals surface area contributed by atoms with Crippen LogP contribution in [0, 0.1) is 6.92 Å². The van der Waals surface area contributed by atoms with Crippen molar-refractivity contribution >= 4 is 22.9 Å². The van der Waals surface area contributed by atoms with Crippen LogP contribution in [0.2, 0.25) is 5.02 Å². The van der Waals surface area contributed by atoms with Gasteiger partial charge in [-0.1, -0.05) is 17.7 Å². The van der Waals surface area contributed by atoms with E-state index in [2.05, 4.69) is 31.3 Å². The van der Waals surface area contributed by atoms with E-state index in [0.717, 1.165) is 16.3 Å². The van der Waals surface area contributed by atoms with Crippen LogP contribution in [0.3, 0.4) is 0 Å². The van der Waals surface area contributed by atoms with Crippen molar-refractivity contribution in [1.82, 2.24) is 5.32 Å². The highest BCUT2D eigenvalue weighted by molar-refractivity contribution is 7.12. The topological polar surface area (TPSA) is 21.3 Å². The Balaban J connectivity index is 2.06. The predicted molar refractivity (Wildman–Crippen MR) is 82.3 cm³/mol. The van der Waals surface area contributed by atoms with E-state index >= 15 is 0 Å². The molecule has 0 fully saturated rings. The van der Waals surface area contributed by atoms with E-state index in [1.54, 1.807) is 7.11 Å². The molecular formula is C15H18ClNOS. The van der Waals surface area contributed by atoms with Crippen LogP contribution in [0.5, 0.6) is 5.75 Å². The molecule has 0 saturated carbocycles. The first kappa shape index (κ1) is 14.4. The van der Waals surface area contributed by atoms with Crippen molar-refractivity contribution in [2.24, 2.45) is 0 Å². The normalized spacial score (nSPS) is 12.4. The zero-order valence-corrected chi connectivity index (χ0v) is 12.9. The highest BCUT2D eigenvalue weighted by atomic mass is 35.5. The standard InChI is InChI=1S/C15H18ClNOS/c1-10-7-8-15(19-10)11(2)17-9-12-13(16)5-4-6-14(12)18-3/h4-8,11,17H,9H2,1-3H3. The zero-order valence-electron chi connectivity index (χ0n) is 11.4. The molecule has 19 heavy (non-hydrogen) atoms. The first-order chi connectivity index (χ1) is 9.11. The summed E-state index contributed by atoms with van der Waals surface area (Å²) in [5.74, 6) is 0.828. The molecule has 102 valence electrons. The molecule has 4 heteroatoms. The maximum Gasteiger partial charge on any atom is 0.124 e. The number of ether oxygens (including phenoxy) is 1. The number of hydrogen-bond donors (Lipinski definition) is 1. The molecule has 0 aliphatic carbocycles. The third-order valence-corrected chi connectivity index (χ3v) is 4.61. The van der Waals surface area contributed by atoms with Gasteiger partial charge in [0.25, 0.3) is 0 Å². The maximum absolute atomic E-state index is 6.22. The van der Waals surface area contributed by atoms with E-state index in [0.29, 0.717) is 12.6 Å². The van der Waals surface area contributed by atoms with Gasteiger partial charge in [-0.05, 0) is 38.1 Å². The van der Waals surface area contributed by atoms with Crippen molar-refractivity contribution in [3.05, 3.63) is 50.7 Å². The van der Waals surface area contributed by atoms with Crippen molar-refractivity contribution in [2.75, 3.05) is 7.11 Å². The molecule has 0 spiro atoms. The highest BCUT2D eigenvalue weighted by Gasteiger charge is 2.11. The number of rotatable bonds is 5. The van der Waals surface area contributed by atoms with Gasteiger partial charge in [-0.2, -0.15) is 0 Å². The quantitative estimate of drug-likeness (QED) is 0.872. The Hall–Kier alpha value is -1.03. The average molecular weight is 296 g/mol. The van der Waals surface area contributed by atoms with Crippen LogP contribution in [0.4, 0.5) is 0 Å². The lowest BCUT2D eigenvalue weighted by Crippen LogP contribution is -2.17. The highest BCUT2D eigenvalue weighted by Crippen LogP contribution is 2.28. The summed E-state index contributed by atoms with van der Waals surface area (Å²) in [6.45, 7) is 4.98. The molecule has 2 nitrogen and oxygen atoms in total. The van der Waals surface area contributed by atoms with E-state index in [1.165, 1.54) is 9.75 Å². The van der Waals surface area contributed by atoms with E-state index in [1.807, 2.05) is 29.5 Å². The van der Waals surface area contributed by atoms with Gasteiger partial charge in [-0.15, -0.1) is 11.3 Å². The van der Waals surface area contributed by atoms with Crippen molar-refractivity contribution in [3.63, 3.8) is 0 Å². The minimum atomic E-state index is 0.305. The number of aryl methyl sites for hydroxylation is 1. The number of nitrogens with one attached hydrogen (secondary N) is 1. The first-order valence-corrected chi connectivity index (χ1v) is 7.42. The lowest BCUT2D eigenvalue weighted by atomic mass is 10.2. The first-order valence-electron chi connectivity index (χ1n) is 6.23. The van der Waals surface area contributed by atoms with Crippen LogP contribution < -0.4 is 10.1 Å². The fourth-order valence-electron chi connectivity index (χ4n) is 1.94. The predicted octanol–water partition coefficient (Wildman–Crippen LogP) is 4.57. The smallest absolute Gasteiger partial charge is 0.124 e. The third-order valence-electron chi connectivity index (χ3n) is 3.07. The molecule has 0 aliphatic rings. The number of methoxy groups -OCH3 is 1. The Bertz CT molecular complexity index is 553. The summed E-state index contributed by atoms with van der Waals surface area (Å²) in [5, 5.41) is 4.23. The van der Waals surface area contributed by atoms with Crippen molar-refractivity contribution in [3.8, 4) is 5.75 Å². The van der Waals surface area contributed by atoms with Crippen LogP contribution in [0.15, 0.2) is 30.3 Å². The van der Waals surface area contributed by atoms with E-state index in [4.69, 9.17) is 16.3 Å². The number of hydrogen-bond acceptors (Lipinski definition) is 3. The summed E-state index contributed by atoms with van der Waals surface area (Å²) in [6, 6.07) is 10.3. The van der Waals surface area contributed by atoms with Crippen LogP contribution >= 0.6 is 22.9 Å². The monoisotopic (exact) mass is 295 g/mol. The van der Waals surface area contributed by atoms with Gasteiger partial charge in [0.05, 0.1) is 7.11 Å². The Morgan fingerprint density at radius 1 is 1.32 bits per heavy atom. The molecule has 0 aliphatic heterocycles. The Kier molecular flexibility index (Phi) is 4.86. The average Bonchev–Trinajstić information content (AvgIpc) is 2.83. The molecule has 1 aromatic carbocycles. The number of thiophene rings is 1. The van der Waals surface area contributed by atoms with E-state index in [9.17, 15) is 0 Å². The Morgan fingerprint density at radius 2 is 2.11 bits per heavy atom. The zero-order chi connectivity index (χ0) is 13.8. The molecule has 2 aromatic rings. The summed E-state index contributed by atoms with van der Waals surface area (Å²) in [5.41, 5.74) is 1.01. The Morgan fingerprint density at radius 3 is 2.74 bits per heavy atom. The summed E-state index contributed by atoms with van der Waals surface area (Å²) in [6.07, 6.45) is 0. The molecule has 1 atom stereocenters. The molecule has 2 rings (SSSR count). The van der Waals surface area contributed by atoms with Crippen molar-refractivity contribution in [1.29, 1.82) is 0 Å². The summed E-state index contributed by atoms with van der Waals surface area (Å²) >= 11 is 8.04. The van der Waals surface area contributed by atoms with Crippen LogP contribution in [-0.2, 0) is 6.54 Å². The van der Waals surface area contributed by atoms with Crippen LogP contribution in [0.1, 0.15) is 28.3 Å². The SMILES string of the molecule is COc1cccc(Cl)c1CNC(C)c1ccc(C)s1. The summed E-state index contributed by atoms with van der Waals surface area (Å²) in [7, 11) is 1.67. The maximum atomic E-state index is 6.22. The molecule has 0 radical (unpaired) electrons. The van der Waals surface area contributed by atoms with Gasteiger partial charge >= 0.3 is 0 Å². The minimum absolute atomic E-state index is 0.305. The second-order valence-electron chi connectivity index (χ2n) is 4.47. The van der Waals surface area contributed by atoms with E-state index in [-0.39, 0.29) is 0 Å². The van der Waals surface area contributed by atoms with Gasteiger partial charge in [0.2, 0.25) is 0 Å². The lowest BCUT2D eigenvalue weighted by molar-refractivity contribution is 0.406. The molecular weight excluding hydrogens is 278 g/mol. The molecule has 1 aromatic heterocycles. The largest absolute Gasteiger partial charge is 0.496 e. The van der Waals surface area contributed by atoms with Crippen LogP contribution in [0.25, 0.3) is 0 Å². The molecule has 1 N–H and O–H groups in total. The fourth-order valence-corrected chi connectivity index (χ4v) is 3.08. The van der Waals surface area contributed by atoms with Gasteiger partial charge in [0.1, 0.15) is 5.75 Å². The minimum Gasteiger partial charge on any atom is -0.496 e. The van der Waals surface area contributed by atoms with Gasteiger partial charge < -0.3 is 10.1 Å². The number of benzene rings is 1. The molecule has 0 amide bonds. The van der Waals surface area contributed by atoms with Crippen molar-refractivity contribution < 1.29 is 4.74 Å². The second-order valence-corrected chi connectivity index (χ2v) is 6.20. The third kappa shape index (κ3) is 3.50. The Labute approximate surface area is 123 Å². The fraction of sp³-hybridized carbons (Fsp3) is 0.333.